The highest BCUT2D eigenvalue weighted by molar-refractivity contribution is 7.94. The zero-order valence-electron chi connectivity index (χ0n) is 16.0. The fourth-order valence-corrected chi connectivity index (χ4v) is 5.44. The van der Waals surface area contributed by atoms with Crippen molar-refractivity contribution in [2.75, 3.05) is 16.2 Å². The Hall–Kier alpha value is -2.71. The van der Waals surface area contributed by atoms with Crippen LogP contribution in [0.1, 0.15) is 25.3 Å². The van der Waals surface area contributed by atoms with Gasteiger partial charge in [-0.05, 0) is 41.1 Å². The fraction of sp³-hybridized carbons (Fsp3) is 0.190. The third-order valence-corrected chi connectivity index (χ3v) is 7.44. The topological polar surface area (TPSA) is 66.5 Å². The maximum Gasteiger partial charge on any atom is 0.274 e. The van der Waals surface area contributed by atoms with Gasteiger partial charge < -0.3 is 5.32 Å². The number of hydrogen-bond donors (Lipinski definition) is 1. The molecular formula is C21H21FN2O3S2. The summed E-state index contributed by atoms with van der Waals surface area (Å²) in [4.78, 5) is 12.8. The Morgan fingerprint density at radius 1 is 1.07 bits per heavy atom. The number of amides is 1. The Balaban J connectivity index is 1.94. The number of sulfonamides is 1. The van der Waals surface area contributed by atoms with Gasteiger partial charge in [0.05, 0.1) is 5.69 Å². The van der Waals surface area contributed by atoms with Gasteiger partial charge in [-0.1, -0.05) is 50.2 Å². The second-order valence-corrected chi connectivity index (χ2v) is 9.72. The van der Waals surface area contributed by atoms with Gasteiger partial charge in [-0.25, -0.2) is 12.8 Å². The van der Waals surface area contributed by atoms with Crippen molar-refractivity contribution in [3.8, 4) is 0 Å². The Morgan fingerprint density at radius 2 is 1.76 bits per heavy atom. The van der Waals surface area contributed by atoms with E-state index in [1.165, 1.54) is 24.3 Å². The summed E-state index contributed by atoms with van der Waals surface area (Å²) in [7, 11) is -4.10. The molecule has 0 saturated carbocycles. The van der Waals surface area contributed by atoms with Crippen LogP contribution in [0, 0.1) is 5.82 Å². The second kappa shape index (κ2) is 8.75. The van der Waals surface area contributed by atoms with Crippen LogP contribution in [0.5, 0.6) is 0 Å². The Kier molecular flexibility index (Phi) is 6.34. The molecule has 3 aromatic rings. The third-order valence-electron chi connectivity index (χ3n) is 4.30. The molecule has 0 aliphatic carbocycles. The third kappa shape index (κ3) is 4.65. The monoisotopic (exact) mass is 432 g/mol. The average molecular weight is 433 g/mol. The zero-order valence-corrected chi connectivity index (χ0v) is 17.6. The molecule has 5 nitrogen and oxygen atoms in total. The second-order valence-electron chi connectivity index (χ2n) is 6.69. The summed E-state index contributed by atoms with van der Waals surface area (Å²) < 4.78 is 41.5. The highest BCUT2D eigenvalue weighted by Crippen LogP contribution is 2.29. The number of carbonyl (C=O) groups excluding carboxylic acids is 1. The largest absolute Gasteiger partial charge is 0.324 e. The highest BCUT2D eigenvalue weighted by atomic mass is 32.2. The van der Waals surface area contributed by atoms with E-state index in [4.69, 9.17) is 0 Å². The predicted octanol–water partition coefficient (Wildman–Crippen LogP) is 4.84. The van der Waals surface area contributed by atoms with Gasteiger partial charge in [-0.2, -0.15) is 0 Å². The summed E-state index contributed by atoms with van der Waals surface area (Å²) in [6.45, 7) is 3.45. The van der Waals surface area contributed by atoms with Gasteiger partial charge in [0.1, 0.15) is 16.6 Å². The van der Waals surface area contributed by atoms with Crippen molar-refractivity contribution in [2.24, 2.45) is 0 Å². The minimum Gasteiger partial charge on any atom is -0.324 e. The maximum absolute atomic E-state index is 14.4. The summed E-state index contributed by atoms with van der Waals surface area (Å²) in [5.74, 6) is -1.10. The predicted molar refractivity (Wildman–Crippen MR) is 114 cm³/mol. The Labute approximate surface area is 173 Å². The van der Waals surface area contributed by atoms with E-state index >= 15 is 0 Å². The lowest BCUT2D eigenvalue weighted by molar-refractivity contribution is -0.114. The lowest BCUT2D eigenvalue weighted by atomic mass is 10.0. The van der Waals surface area contributed by atoms with Crippen LogP contribution in [0.15, 0.2) is 70.3 Å². The molecule has 1 heterocycles. The molecule has 0 spiro atoms. The molecule has 0 saturated heterocycles. The van der Waals surface area contributed by atoms with Crippen molar-refractivity contribution in [3.05, 3.63) is 77.4 Å². The minimum atomic E-state index is -4.10. The molecule has 0 radical (unpaired) electrons. The first kappa shape index (κ1) is 21.0. The molecule has 0 atom stereocenters. The van der Waals surface area contributed by atoms with E-state index < -0.39 is 28.3 Å². The Morgan fingerprint density at radius 3 is 2.41 bits per heavy atom. The minimum absolute atomic E-state index is 0.0381. The molecule has 3 rings (SSSR count). The number of carbonyl (C=O) groups is 1. The van der Waals surface area contributed by atoms with E-state index in [9.17, 15) is 17.6 Å². The van der Waals surface area contributed by atoms with E-state index in [-0.39, 0.29) is 15.8 Å². The van der Waals surface area contributed by atoms with Gasteiger partial charge in [0.15, 0.2) is 0 Å². The number of nitrogens with zero attached hydrogens (tertiary/aromatic N) is 1. The van der Waals surface area contributed by atoms with Crippen LogP contribution in [0.4, 0.5) is 15.8 Å². The van der Waals surface area contributed by atoms with Crippen molar-refractivity contribution < 1.29 is 17.6 Å². The normalized spacial score (nSPS) is 11.4. The van der Waals surface area contributed by atoms with Crippen molar-refractivity contribution >= 4 is 38.6 Å². The molecule has 1 amide bonds. The number of thiophene rings is 1. The molecule has 152 valence electrons. The molecule has 0 aliphatic rings. The van der Waals surface area contributed by atoms with Crippen LogP contribution in [0.3, 0.4) is 0 Å². The number of hydrogen-bond acceptors (Lipinski definition) is 4. The van der Waals surface area contributed by atoms with E-state index in [0.717, 1.165) is 27.3 Å². The molecule has 1 N–H and O–H groups in total. The first-order chi connectivity index (χ1) is 13.8. The molecule has 0 aliphatic heterocycles. The molecule has 0 fully saturated rings. The van der Waals surface area contributed by atoms with Crippen LogP contribution in [-0.4, -0.2) is 20.9 Å². The van der Waals surface area contributed by atoms with Gasteiger partial charge in [0.2, 0.25) is 5.91 Å². The molecule has 29 heavy (non-hydrogen) atoms. The molecule has 0 bridgehead atoms. The molecule has 0 unspecified atom stereocenters. The zero-order chi connectivity index (χ0) is 21.0. The van der Waals surface area contributed by atoms with E-state index in [1.54, 1.807) is 23.6 Å². The standard InChI is InChI=1S/C21H21FN2O3S2/c1-15(2)16-8-3-5-10-18(16)23-20(25)14-24(19-11-6-4-9-17(19)22)29(26,27)21-12-7-13-28-21/h3-13,15H,14H2,1-2H3,(H,23,25). The first-order valence-corrected chi connectivity index (χ1v) is 11.3. The lowest BCUT2D eigenvalue weighted by Gasteiger charge is -2.24. The summed E-state index contributed by atoms with van der Waals surface area (Å²) in [6, 6.07) is 15.8. The van der Waals surface area contributed by atoms with Crippen LogP contribution in [-0.2, 0) is 14.8 Å². The number of anilines is 2. The smallest absolute Gasteiger partial charge is 0.274 e. The maximum atomic E-state index is 14.4. The van der Waals surface area contributed by atoms with Crippen molar-refractivity contribution in [1.82, 2.24) is 0 Å². The van der Waals surface area contributed by atoms with Crippen molar-refractivity contribution in [1.29, 1.82) is 0 Å². The number of halogens is 1. The van der Waals surface area contributed by atoms with Crippen LogP contribution in [0.25, 0.3) is 0 Å². The molecule has 2 aromatic carbocycles. The van der Waals surface area contributed by atoms with E-state index in [2.05, 4.69) is 5.32 Å². The first-order valence-electron chi connectivity index (χ1n) is 9.00. The summed E-state index contributed by atoms with van der Waals surface area (Å²) in [5, 5.41) is 4.38. The number of nitrogens with one attached hydrogen (secondary N) is 1. The van der Waals surface area contributed by atoms with Crippen LogP contribution >= 0.6 is 11.3 Å². The molecular weight excluding hydrogens is 411 g/mol. The summed E-state index contributed by atoms with van der Waals surface area (Å²) in [5.41, 5.74) is 1.36. The average Bonchev–Trinajstić information content (AvgIpc) is 3.23. The van der Waals surface area contributed by atoms with Gasteiger partial charge in [-0.3, -0.25) is 9.10 Å². The summed E-state index contributed by atoms with van der Waals surface area (Å²) >= 11 is 1.01. The lowest BCUT2D eigenvalue weighted by Crippen LogP contribution is -2.38. The molecule has 1 aromatic heterocycles. The highest BCUT2D eigenvalue weighted by Gasteiger charge is 2.30. The van der Waals surface area contributed by atoms with Crippen LogP contribution in [0.2, 0.25) is 0 Å². The fourth-order valence-electron chi connectivity index (χ4n) is 2.91. The van der Waals surface area contributed by atoms with Crippen molar-refractivity contribution in [2.45, 2.75) is 24.0 Å². The van der Waals surface area contributed by atoms with E-state index in [1.807, 2.05) is 26.0 Å². The SMILES string of the molecule is CC(C)c1ccccc1NC(=O)CN(c1ccccc1F)S(=O)(=O)c1cccs1. The van der Waals surface area contributed by atoms with Gasteiger partial charge in [0, 0.05) is 5.69 Å². The Bertz CT molecular complexity index is 1100. The van der Waals surface area contributed by atoms with E-state index in [0.29, 0.717) is 5.69 Å². The van der Waals surface area contributed by atoms with Crippen LogP contribution < -0.4 is 9.62 Å². The number of rotatable bonds is 7. The number of para-hydroxylation sites is 2. The van der Waals surface area contributed by atoms with Crippen molar-refractivity contribution in [3.63, 3.8) is 0 Å². The molecule has 8 heteroatoms. The summed E-state index contributed by atoms with van der Waals surface area (Å²) in [6.07, 6.45) is 0. The quantitative estimate of drug-likeness (QED) is 0.581. The number of benzene rings is 2. The van der Waals surface area contributed by atoms with Gasteiger partial charge in [0.25, 0.3) is 10.0 Å². The van der Waals surface area contributed by atoms with Gasteiger partial charge in [-0.15, -0.1) is 11.3 Å². The van der Waals surface area contributed by atoms with Gasteiger partial charge >= 0.3 is 0 Å².